The van der Waals surface area contributed by atoms with E-state index in [1.165, 1.54) is 23.1 Å². The van der Waals surface area contributed by atoms with Gasteiger partial charge < -0.3 is 4.74 Å². The van der Waals surface area contributed by atoms with Gasteiger partial charge in [0, 0.05) is 28.7 Å². The number of hydrogen-bond donors (Lipinski definition) is 0. The molecule has 2 aromatic carbocycles. The quantitative estimate of drug-likeness (QED) is 0.428. The smallest absolute Gasteiger partial charge is 0.266 e. The SMILES string of the molecule is CCN1C(=O)/C(=C/c2ccc(OCc3ccccc3Cl)cc2)S/C1=N/c1nccs1. The summed E-state index contributed by atoms with van der Waals surface area (Å²) in [6.07, 6.45) is 3.58. The normalized spacial score (nSPS) is 16.6. The zero-order valence-corrected chi connectivity index (χ0v) is 18.5. The minimum atomic E-state index is -0.0446. The van der Waals surface area contributed by atoms with Crippen molar-refractivity contribution < 1.29 is 9.53 Å². The monoisotopic (exact) mass is 455 g/mol. The van der Waals surface area contributed by atoms with Crippen LogP contribution >= 0.6 is 34.7 Å². The molecule has 8 heteroatoms. The van der Waals surface area contributed by atoms with Crippen LogP contribution in [0.25, 0.3) is 6.08 Å². The highest BCUT2D eigenvalue weighted by Crippen LogP contribution is 2.34. The predicted molar refractivity (Wildman–Crippen MR) is 124 cm³/mol. The maximum Gasteiger partial charge on any atom is 0.266 e. The number of likely N-dealkylation sites (N-methyl/N-ethyl adjacent to an activating group) is 1. The van der Waals surface area contributed by atoms with E-state index in [9.17, 15) is 4.79 Å². The Morgan fingerprint density at radius 1 is 1.20 bits per heavy atom. The molecule has 30 heavy (non-hydrogen) atoms. The van der Waals surface area contributed by atoms with Crippen LogP contribution in [-0.4, -0.2) is 27.5 Å². The number of thiazole rings is 1. The number of aliphatic imine (C=N–C) groups is 1. The van der Waals surface area contributed by atoms with Gasteiger partial charge in [0.1, 0.15) is 12.4 Å². The van der Waals surface area contributed by atoms with Crippen molar-refractivity contribution in [1.82, 2.24) is 9.88 Å². The zero-order valence-electron chi connectivity index (χ0n) is 16.1. The lowest BCUT2D eigenvalue weighted by Crippen LogP contribution is -2.28. The van der Waals surface area contributed by atoms with Gasteiger partial charge in [-0.1, -0.05) is 41.9 Å². The zero-order chi connectivity index (χ0) is 20.9. The molecule has 3 aromatic rings. The van der Waals surface area contributed by atoms with Crippen LogP contribution in [-0.2, 0) is 11.4 Å². The van der Waals surface area contributed by atoms with E-state index in [0.29, 0.717) is 33.4 Å². The van der Waals surface area contributed by atoms with E-state index < -0.39 is 0 Å². The largest absolute Gasteiger partial charge is 0.489 e. The lowest BCUT2D eigenvalue weighted by molar-refractivity contribution is -0.122. The number of amidine groups is 1. The average Bonchev–Trinajstić information content (AvgIpc) is 3.37. The molecule has 1 aliphatic rings. The minimum absolute atomic E-state index is 0.0446. The number of hydrogen-bond acceptors (Lipinski definition) is 6. The molecule has 0 radical (unpaired) electrons. The Bertz CT molecular complexity index is 1100. The number of aromatic nitrogens is 1. The standard InChI is InChI=1S/C22H18ClN3O2S2/c1-2-26-20(27)19(30-22(26)25-21-24-11-12-29-21)13-15-7-9-17(10-8-15)28-14-16-5-3-4-6-18(16)23/h3-13H,2,14H2,1H3/b19-13-,25-22+. The minimum Gasteiger partial charge on any atom is -0.489 e. The number of nitrogens with zero attached hydrogens (tertiary/aromatic N) is 3. The molecule has 0 saturated carbocycles. The summed E-state index contributed by atoms with van der Waals surface area (Å²) in [4.78, 5) is 23.7. The molecule has 0 unspecified atom stereocenters. The molecule has 0 bridgehead atoms. The van der Waals surface area contributed by atoms with Crippen LogP contribution in [0, 0.1) is 0 Å². The highest BCUT2D eigenvalue weighted by Gasteiger charge is 2.32. The van der Waals surface area contributed by atoms with E-state index in [0.717, 1.165) is 16.9 Å². The van der Waals surface area contributed by atoms with E-state index in [-0.39, 0.29) is 5.91 Å². The molecule has 4 rings (SSSR count). The second-order valence-electron chi connectivity index (χ2n) is 6.32. The summed E-state index contributed by atoms with van der Waals surface area (Å²) in [7, 11) is 0. The molecule has 1 aromatic heterocycles. The third kappa shape index (κ3) is 4.75. The third-order valence-corrected chi connectivity index (χ3v) is 6.39. The first-order chi connectivity index (χ1) is 14.6. The van der Waals surface area contributed by atoms with E-state index in [1.807, 2.05) is 66.9 Å². The molecule has 1 fully saturated rings. The second-order valence-corrected chi connectivity index (χ2v) is 8.61. The van der Waals surface area contributed by atoms with Gasteiger partial charge in [-0.2, -0.15) is 4.99 Å². The molecule has 1 amide bonds. The first-order valence-corrected chi connectivity index (χ1v) is 11.4. The lowest BCUT2D eigenvalue weighted by Gasteiger charge is -2.11. The third-order valence-electron chi connectivity index (χ3n) is 4.34. The summed E-state index contributed by atoms with van der Waals surface area (Å²) in [5.41, 5.74) is 1.85. The molecule has 0 aliphatic carbocycles. The second kappa shape index (κ2) is 9.47. The number of amides is 1. The van der Waals surface area contributed by atoms with Crippen LogP contribution in [0.3, 0.4) is 0 Å². The van der Waals surface area contributed by atoms with Crippen LogP contribution in [0.4, 0.5) is 5.13 Å². The van der Waals surface area contributed by atoms with E-state index in [1.54, 1.807) is 11.1 Å². The molecule has 1 aliphatic heterocycles. The molecule has 0 spiro atoms. The van der Waals surface area contributed by atoms with Crippen LogP contribution in [0.5, 0.6) is 5.75 Å². The van der Waals surface area contributed by atoms with Crippen LogP contribution in [0.1, 0.15) is 18.1 Å². The van der Waals surface area contributed by atoms with Gasteiger partial charge in [-0.05, 0) is 48.5 Å². The highest BCUT2D eigenvalue weighted by molar-refractivity contribution is 8.18. The fourth-order valence-electron chi connectivity index (χ4n) is 2.81. The first kappa shape index (κ1) is 20.7. The molecule has 152 valence electrons. The fourth-order valence-corrected chi connectivity index (χ4v) is 4.61. The average molecular weight is 456 g/mol. The number of rotatable bonds is 6. The summed E-state index contributed by atoms with van der Waals surface area (Å²) >= 11 is 8.97. The maximum atomic E-state index is 12.7. The Balaban J connectivity index is 1.46. The Kier molecular flexibility index (Phi) is 6.52. The topological polar surface area (TPSA) is 54.8 Å². The summed E-state index contributed by atoms with van der Waals surface area (Å²) in [6.45, 7) is 2.89. The van der Waals surface area contributed by atoms with Gasteiger partial charge in [0.15, 0.2) is 5.17 Å². The highest BCUT2D eigenvalue weighted by atomic mass is 35.5. The number of halogens is 1. The summed E-state index contributed by atoms with van der Waals surface area (Å²) in [6, 6.07) is 15.2. The van der Waals surface area contributed by atoms with Crippen LogP contribution < -0.4 is 4.74 Å². The Hall–Kier alpha value is -2.61. The van der Waals surface area contributed by atoms with E-state index in [4.69, 9.17) is 16.3 Å². The van der Waals surface area contributed by atoms with Crippen molar-refractivity contribution in [2.75, 3.05) is 6.54 Å². The van der Waals surface area contributed by atoms with Crippen LogP contribution in [0.2, 0.25) is 5.02 Å². The lowest BCUT2D eigenvalue weighted by atomic mass is 10.2. The Morgan fingerprint density at radius 2 is 2.00 bits per heavy atom. The number of carbonyl (C=O) groups is 1. The van der Waals surface area contributed by atoms with E-state index in [2.05, 4.69) is 9.98 Å². The van der Waals surface area contributed by atoms with Crippen molar-refractivity contribution in [2.45, 2.75) is 13.5 Å². The number of ether oxygens (including phenoxy) is 1. The molecule has 2 heterocycles. The summed E-state index contributed by atoms with van der Waals surface area (Å²) in [5, 5.41) is 3.85. The number of thioether (sulfide) groups is 1. The van der Waals surface area contributed by atoms with Gasteiger partial charge in [0.25, 0.3) is 5.91 Å². The van der Waals surface area contributed by atoms with Crippen molar-refractivity contribution in [3.05, 3.63) is 81.2 Å². The Labute approximate surface area is 188 Å². The number of carbonyl (C=O) groups excluding carboxylic acids is 1. The first-order valence-electron chi connectivity index (χ1n) is 9.30. The fraction of sp³-hybridized carbons (Fsp3) is 0.136. The molecule has 5 nitrogen and oxygen atoms in total. The van der Waals surface area contributed by atoms with Crippen molar-refractivity contribution in [2.24, 2.45) is 4.99 Å². The van der Waals surface area contributed by atoms with Crippen molar-refractivity contribution in [3.8, 4) is 5.75 Å². The summed E-state index contributed by atoms with van der Waals surface area (Å²) in [5.74, 6) is 0.695. The molecule has 1 saturated heterocycles. The van der Waals surface area contributed by atoms with E-state index >= 15 is 0 Å². The van der Waals surface area contributed by atoms with Crippen molar-refractivity contribution in [3.63, 3.8) is 0 Å². The van der Waals surface area contributed by atoms with Gasteiger partial charge in [0.05, 0.1) is 4.91 Å². The van der Waals surface area contributed by atoms with Gasteiger partial charge in [-0.25, -0.2) is 4.98 Å². The predicted octanol–water partition coefficient (Wildman–Crippen LogP) is 6.00. The molecule has 0 N–H and O–H groups in total. The van der Waals surface area contributed by atoms with Gasteiger partial charge in [0.2, 0.25) is 5.13 Å². The van der Waals surface area contributed by atoms with Gasteiger partial charge in [-0.3, -0.25) is 9.69 Å². The van der Waals surface area contributed by atoms with Crippen LogP contribution in [0.15, 0.2) is 70.0 Å². The van der Waals surface area contributed by atoms with Crippen molar-refractivity contribution in [1.29, 1.82) is 0 Å². The van der Waals surface area contributed by atoms with Crippen molar-refractivity contribution >= 4 is 57.0 Å². The summed E-state index contributed by atoms with van der Waals surface area (Å²) < 4.78 is 5.82. The molecular weight excluding hydrogens is 438 g/mol. The molecular formula is C22H18ClN3O2S2. The molecule has 0 atom stereocenters. The van der Waals surface area contributed by atoms with Gasteiger partial charge in [-0.15, -0.1) is 11.3 Å². The Morgan fingerprint density at radius 3 is 2.70 bits per heavy atom. The number of benzene rings is 2. The van der Waals surface area contributed by atoms with Gasteiger partial charge >= 0.3 is 0 Å². The maximum absolute atomic E-state index is 12.7.